The minimum absolute atomic E-state index is 0.0209. The van der Waals surface area contributed by atoms with Crippen LogP contribution in [0.1, 0.15) is 44.7 Å². The van der Waals surface area contributed by atoms with Gasteiger partial charge >= 0.3 is 0 Å². The molecule has 8 nitrogen and oxygen atoms in total. The Morgan fingerprint density at radius 3 is 1.97 bits per heavy atom. The fourth-order valence-electron chi connectivity index (χ4n) is 4.57. The molecule has 2 atom stereocenters. The van der Waals surface area contributed by atoms with Gasteiger partial charge in [0.2, 0.25) is 10.0 Å². The Kier molecular flexibility index (Phi) is 9.42. The topological polar surface area (TPSA) is 132 Å². The molecule has 0 bridgehead atoms. The van der Waals surface area contributed by atoms with Crippen molar-refractivity contribution in [3.8, 4) is 22.4 Å². The number of hydrogen-bond acceptors (Lipinski definition) is 6. The van der Waals surface area contributed by atoms with Gasteiger partial charge in [-0.15, -0.1) is 0 Å². The highest BCUT2D eigenvalue weighted by atomic mass is 32.2. The Balaban J connectivity index is 2.28. The predicted octanol–water partition coefficient (Wildman–Crippen LogP) is 2.77. The number of carbonyl (C=O) groups excluding carboxylic acids is 1. The van der Waals surface area contributed by atoms with E-state index >= 15 is 0 Å². The molecular formula is C27H31F2N2O6S-. The first-order chi connectivity index (χ1) is 17.9. The molecular weight excluding hydrogens is 518 g/mol. The van der Waals surface area contributed by atoms with E-state index in [1.807, 2.05) is 13.8 Å². The molecule has 0 aliphatic carbocycles. The number of nitrogens with zero attached hydrogens (tertiary/aromatic N) is 1. The Labute approximate surface area is 220 Å². The van der Waals surface area contributed by atoms with Crippen LogP contribution in [0.15, 0.2) is 53.4 Å². The van der Waals surface area contributed by atoms with E-state index < -0.39 is 46.3 Å². The molecule has 38 heavy (non-hydrogen) atoms. The molecule has 0 aliphatic heterocycles. The Morgan fingerprint density at radius 2 is 1.50 bits per heavy atom. The van der Waals surface area contributed by atoms with Crippen molar-refractivity contribution in [2.24, 2.45) is 0 Å². The smallest absolute Gasteiger partial charge is 0.242 e. The van der Waals surface area contributed by atoms with E-state index in [0.29, 0.717) is 28.1 Å². The lowest BCUT2D eigenvalue weighted by Gasteiger charge is -2.20. The molecule has 206 valence electrons. The molecule has 11 heteroatoms. The second kappa shape index (κ2) is 12.2. The van der Waals surface area contributed by atoms with Gasteiger partial charge < -0.3 is 24.7 Å². The van der Waals surface area contributed by atoms with E-state index in [1.54, 1.807) is 4.57 Å². The monoisotopic (exact) mass is 549 g/mol. The van der Waals surface area contributed by atoms with Crippen molar-refractivity contribution in [2.45, 2.75) is 62.7 Å². The van der Waals surface area contributed by atoms with Gasteiger partial charge in [-0.3, -0.25) is 0 Å². The van der Waals surface area contributed by atoms with Gasteiger partial charge in [0.15, 0.2) is 0 Å². The van der Waals surface area contributed by atoms with E-state index in [1.165, 1.54) is 55.6 Å². The number of carboxylic acid groups (broad SMARTS) is 1. The van der Waals surface area contributed by atoms with E-state index in [4.69, 9.17) is 0 Å². The molecule has 2 aromatic carbocycles. The molecule has 1 heterocycles. The number of aromatic nitrogens is 1. The minimum Gasteiger partial charge on any atom is -0.550 e. The largest absolute Gasteiger partial charge is 0.550 e. The van der Waals surface area contributed by atoms with Crippen molar-refractivity contribution in [3.63, 3.8) is 0 Å². The van der Waals surface area contributed by atoms with Gasteiger partial charge in [0.1, 0.15) is 16.5 Å². The number of aliphatic hydroxyl groups is 2. The summed E-state index contributed by atoms with van der Waals surface area (Å²) < 4.78 is 58.6. The zero-order chi connectivity index (χ0) is 28.2. The van der Waals surface area contributed by atoms with Crippen LogP contribution >= 0.6 is 0 Å². The Bertz CT molecular complexity index is 1370. The lowest BCUT2D eigenvalue weighted by atomic mass is 10.00. The summed E-state index contributed by atoms with van der Waals surface area (Å²) in [4.78, 5) is 10.7. The number of aliphatic hydroxyl groups excluding tert-OH is 2. The van der Waals surface area contributed by atoms with Gasteiger partial charge in [0.05, 0.1) is 17.9 Å². The summed E-state index contributed by atoms with van der Waals surface area (Å²) in [7, 11) is -2.78. The standard InChI is InChI=1S/C27H32F2N2O6S/c1-16(2)25-27(38(36,37)30-3)24(17-4-8-19(28)9-5-17)26(18-6-10-20(29)11-7-18)31(25)13-12-21(32)14-22(33)15-23(34)35/h4-11,16,21-22,30,32-33H,12-15H2,1-3H3,(H,34,35)/p-1/t21-,22-/m1/s1. The number of sulfonamides is 1. The highest BCUT2D eigenvalue weighted by molar-refractivity contribution is 7.89. The van der Waals surface area contributed by atoms with Crippen LogP contribution in [0.3, 0.4) is 0 Å². The molecule has 0 aliphatic rings. The summed E-state index contributed by atoms with van der Waals surface area (Å²) in [5.74, 6) is -2.76. The number of rotatable bonds is 12. The number of carbonyl (C=O) groups is 1. The van der Waals surface area contributed by atoms with E-state index in [9.17, 15) is 37.3 Å². The normalized spacial score (nSPS) is 13.6. The van der Waals surface area contributed by atoms with Crippen molar-refractivity contribution in [2.75, 3.05) is 7.05 Å². The van der Waals surface area contributed by atoms with Crippen molar-refractivity contribution >= 4 is 16.0 Å². The average molecular weight is 550 g/mol. The highest BCUT2D eigenvalue weighted by Gasteiger charge is 2.33. The molecule has 0 unspecified atom stereocenters. The number of carboxylic acids is 1. The molecule has 0 saturated heterocycles. The SMILES string of the molecule is CNS(=O)(=O)c1c(-c2ccc(F)cc2)c(-c2ccc(F)cc2)n(CC[C@@H](O)C[C@@H](O)CC(=O)[O-])c1C(C)C. The lowest BCUT2D eigenvalue weighted by Crippen LogP contribution is -2.29. The van der Waals surface area contributed by atoms with E-state index in [-0.39, 0.29) is 30.2 Å². The van der Waals surface area contributed by atoms with Gasteiger partial charge in [-0.05, 0) is 73.3 Å². The van der Waals surface area contributed by atoms with Crippen LogP contribution in [0.4, 0.5) is 8.78 Å². The highest BCUT2D eigenvalue weighted by Crippen LogP contribution is 2.44. The molecule has 0 fully saturated rings. The van der Waals surface area contributed by atoms with E-state index in [2.05, 4.69) is 4.72 Å². The number of aliphatic carboxylic acids is 1. The van der Waals surface area contributed by atoms with Crippen molar-refractivity contribution in [1.29, 1.82) is 0 Å². The number of halogens is 2. The Hall–Kier alpha value is -3.12. The van der Waals surface area contributed by atoms with Crippen molar-refractivity contribution in [1.82, 2.24) is 9.29 Å². The van der Waals surface area contributed by atoms with Crippen LogP contribution in [-0.2, 0) is 21.4 Å². The minimum atomic E-state index is -4.07. The maximum Gasteiger partial charge on any atom is 0.242 e. The molecule has 3 N–H and O–H groups in total. The quantitative estimate of drug-likeness (QED) is 0.318. The fraction of sp³-hybridized carbons (Fsp3) is 0.370. The second-order valence-corrected chi connectivity index (χ2v) is 11.2. The molecule has 0 spiro atoms. The van der Waals surface area contributed by atoms with Gasteiger partial charge in [-0.2, -0.15) is 0 Å². The number of benzene rings is 2. The summed E-state index contributed by atoms with van der Waals surface area (Å²) in [6.07, 6.45) is -3.21. The van der Waals surface area contributed by atoms with E-state index in [0.717, 1.165) is 0 Å². The van der Waals surface area contributed by atoms with Crippen LogP contribution in [0.25, 0.3) is 22.4 Å². The predicted molar refractivity (Wildman–Crippen MR) is 136 cm³/mol. The molecule has 3 rings (SSSR count). The number of nitrogens with one attached hydrogen (secondary N) is 1. The molecule has 1 aromatic heterocycles. The first-order valence-electron chi connectivity index (χ1n) is 12.1. The van der Waals surface area contributed by atoms with Gasteiger partial charge in [0.25, 0.3) is 0 Å². The summed E-state index contributed by atoms with van der Waals surface area (Å²) in [5, 5.41) is 31.2. The summed E-state index contributed by atoms with van der Waals surface area (Å²) in [6.45, 7) is 3.71. The first kappa shape index (κ1) is 29.4. The molecule has 3 aromatic rings. The third-order valence-corrected chi connectivity index (χ3v) is 7.71. The maximum absolute atomic E-state index is 13.8. The summed E-state index contributed by atoms with van der Waals surface area (Å²) in [6, 6.07) is 10.9. The average Bonchev–Trinajstić information content (AvgIpc) is 3.19. The van der Waals surface area contributed by atoms with Crippen LogP contribution in [-0.4, -0.2) is 48.4 Å². The van der Waals surface area contributed by atoms with Crippen LogP contribution < -0.4 is 9.83 Å². The molecule has 0 radical (unpaired) electrons. The molecule has 0 saturated carbocycles. The second-order valence-electron chi connectivity index (χ2n) is 9.37. The van der Waals surface area contributed by atoms with Gasteiger partial charge in [-0.1, -0.05) is 26.0 Å². The zero-order valence-corrected chi connectivity index (χ0v) is 22.1. The van der Waals surface area contributed by atoms with Crippen LogP contribution in [0.2, 0.25) is 0 Å². The lowest BCUT2D eigenvalue weighted by molar-refractivity contribution is -0.307. The van der Waals surface area contributed by atoms with Crippen LogP contribution in [0, 0.1) is 11.6 Å². The molecule has 0 amide bonds. The zero-order valence-electron chi connectivity index (χ0n) is 21.3. The fourth-order valence-corrected chi connectivity index (χ4v) is 5.88. The van der Waals surface area contributed by atoms with Crippen molar-refractivity contribution < 1.29 is 37.3 Å². The third kappa shape index (κ3) is 6.65. The summed E-state index contributed by atoms with van der Waals surface area (Å²) >= 11 is 0. The Morgan fingerprint density at radius 1 is 0.974 bits per heavy atom. The van der Waals surface area contributed by atoms with Crippen LogP contribution in [0.5, 0.6) is 0 Å². The van der Waals surface area contributed by atoms with Gasteiger partial charge in [-0.25, -0.2) is 21.9 Å². The first-order valence-corrected chi connectivity index (χ1v) is 13.6. The van der Waals surface area contributed by atoms with Crippen molar-refractivity contribution in [3.05, 3.63) is 65.9 Å². The third-order valence-electron chi connectivity index (χ3n) is 6.22. The van der Waals surface area contributed by atoms with Gasteiger partial charge in [0, 0.05) is 30.2 Å². The number of hydrogen-bond donors (Lipinski definition) is 3. The summed E-state index contributed by atoms with van der Waals surface area (Å²) in [5.41, 5.74) is 2.06. The maximum atomic E-state index is 13.8.